The monoisotopic (exact) mass is 291 g/mol. The van der Waals surface area contributed by atoms with Crippen LogP contribution in [0.3, 0.4) is 0 Å². The molecule has 0 saturated carbocycles. The van der Waals surface area contributed by atoms with Gasteiger partial charge in [0, 0.05) is 29.7 Å². The molecule has 3 nitrogen and oxygen atoms in total. The minimum Gasteiger partial charge on any atom is -0.469 e. The standard InChI is InChI=1S/C16H21NO2S/c1-19-16(18)12-5-4-8-17(9-12)10-13-11-20-15-7-3-2-6-14(13)15/h2-3,6-7,12-13H,4-5,8-11H2,1H3. The highest BCUT2D eigenvalue weighted by molar-refractivity contribution is 7.99. The second kappa shape index (κ2) is 6.19. The summed E-state index contributed by atoms with van der Waals surface area (Å²) in [5.41, 5.74) is 1.48. The first-order valence-corrected chi connectivity index (χ1v) is 8.28. The van der Waals surface area contributed by atoms with Crippen LogP contribution in [0.5, 0.6) is 0 Å². The van der Waals surface area contributed by atoms with E-state index in [0.717, 1.165) is 32.5 Å². The number of hydrogen-bond acceptors (Lipinski definition) is 4. The molecule has 1 fully saturated rings. The molecule has 2 atom stereocenters. The van der Waals surface area contributed by atoms with E-state index in [-0.39, 0.29) is 11.9 Å². The highest BCUT2D eigenvalue weighted by atomic mass is 32.2. The third kappa shape index (κ3) is 2.86. The topological polar surface area (TPSA) is 29.5 Å². The van der Waals surface area contributed by atoms with Crippen molar-refractivity contribution in [1.82, 2.24) is 4.90 Å². The maximum atomic E-state index is 11.7. The molecule has 2 aliphatic heterocycles. The van der Waals surface area contributed by atoms with Gasteiger partial charge in [-0.25, -0.2) is 0 Å². The van der Waals surface area contributed by atoms with E-state index >= 15 is 0 Å². The highest BCUT2D eigenvalue weighted by Crippen LogP contribution is 2.40. The summed E-state index contributed by atoms with van der Waals surface area (Å²) in [6.07, 6.45) is 2.07. The Labute approximate surface area is 124 Å². The fourth-order valence-corrected chi connectivity index (χ4v) is 4.51. The van der Waals surface area contributed by atoms with Crippen LogP contribution in [-0.4, -0.2) is 43.4 Å². The Morgan fingerprint density at radius 2 is 2.30 bits per heavy atom. The number of benzene rings is 1. The van der Waals surface area contributed by atoms with Crippen LogP contribution in [0.2, 0.25) is 0 Å². The fraction of sp³-hybridized carbons (Fsp3) is 0.562. The summed E-state index contributed by atoms with van der Waals surface area (Å²) in [6, 6.07) is 8.71. The number of piperidine rings is 1. The van der Waals surface area contributed by atoms with Crippen molar-refractivity contribution >= 4 is 17.7 Å². The van der Waals surface area contributed by atoms with Crippen LogP contribution < -0.4 is 0 Å². The van der Waals surface area contributed by atoms with E-state index in [1.165, 1.54) is 23.3 Å². The number of thioether (sulfide) groups is 1. The van der Waals surface area contributed by atoms with Crippen LogP contribution in [0.15, 0.2) is 29.2 Å². The molecule has 2 aliphatic rings. The first-order valence-electron chi connectivity index (χ1n) is 7.30. The van der Waals surface area contributed by atoms with Crippen molar-refractivity contribution in [1.29, 1.82) is 0 Å². The van der Waals surface area contributed by atoms with E-state index in [0.29, 0.717) is 5.92 Å². The lowest BCUT2D eigenvalue weighted by Crippen LogP contribution is -2.41. The molecule has 0 amide bonds. The molecule has 1 saturated heterocycles. The lowest BCUT2D eigenvalue weighted by atomic mass is 9.95. The average molecular weight is 291 g/mol. The molecule has 0 radical (unpaired) electrons. The first-order chi connectivity index (χ1) is 9.78. The molecular weight excluding hydrogens is 270 g/mol. The van der Waals surface area contributed by atoms with E-state index in [9.17, 15) is 4.79 Å². The molecule has 3 rings (SSSR count). The Kier molecular flexibility index (Phi) is 4.32. The van der Waals surface area contributed by atoms with Crippen molar-refractivity contribution in [3.63, 3.8) is 0 Å². The summed E-state index contributed by atoms with van der Waals surface area (Å²) in [6.45, 7) is 3.03. The number of carbonyl (C=O) groups is 1. The molecule has 0 aromatic heterocycles. The van der Waals surface area contributed by atoms with Crippen LogP contribution >= 0.6 is 11.8 Å². The van der Waals surface area contributed by atoms with Crippen LogP contribution in [0.4, 0.5) is 0 Å². The molecule has 0 aliphatic carbocycles. The number of methoxy groups -OCH3 is 1. The van der Waals surface area contributed by atoms with Gasteiger partial charge in [-0.05, 0) is 31.0 Å². The zero-order chi connectivity index (χ0) is 13.9. The molecule has 0 spiro atoms. The summed E-state index contributed by atoms with van der Waals surface area (Å²) in [5.74, 6) is 1.79. The Balaban J connectivity index is 1.63. The summed E-state index contributed by atoms with van der Waals surface area (Å²) < 4.78 is 4.89. The molecule has 4 heteroatoms. The quantitative estimate of drug-likeness (QED) is 0.801. The zero-order valence-corrected chi connectivity index (χ0v) is 12.7. The zero-order valence-electron chi connectivity index (χ0n) is 11.9. The predicted molar refractivity (Wildman–Crippen MR) is 81.1 cm³/mol. The van der Waals surface area contributed by atoms with Gasteiger partial charge < -0.3 is 9.64 Å². The van der Waals surface area contributed by atoms with Crippen molar-refractivity contribution in [2.24, 2.45) is 5.92 Å². The number of rotatable bonds is 3. The summed E-state index contributed by atoms with van der Waals surface area (Å²) in [5, 5.41) is 0. The van der Waals surface area contributed by atoms with Crippen LogP contribution in [0.25, 0.3) is 0 Å². The van der Waals surface area contributed by atoms with Crippen molar-refractivity contribution in [2.45, 2.75) is 23.7 Å². The van der Waals surface area contributed by atoms with E-state index in [2.05, 4.69) is 29.2 Å². The number of hydrogen-bond donors (Lipinski definition) is 0. The van der Waals surface area contributed by atoms with E-state index < -0.39 is 0 Å². The summed E-state index contributed by atoms with van der Waals surface area (Å²) in [4.78, 5) is 15.6. The molecule has 20 heavy (non-hydrogen) atoms. The van der Waals surface area contributed by atoms with Crippen molar-refractivity contribution < 1.29 is 9.53 Å². The largest absolute Gasteiger partial charge is 0.469 e. The molecule has 2 heterocycles. The fourth-order valence-electron chi connectivity index (χ4n) is 3.27. The minimum absolute atomic E-state index is 0.0455. The van der Waals surface area contributed by atoms with Gasteiger partial charge in [-0.1, -0.05) is 18.2 Å². The van der Waals surface area contributed by atoms with Crippen LogP contribution in [0, 0.1) is 5.92 Å². The first kappa shape index (κ1) is 14.0. The lowest BCUT2D eigenvalue weighted by Gasteiger charge is -2.33. The number of likely N-dealkylation sites (tertiary alicyclic amines) is 1. The van der Waals surface area contributed by atoms with Crippen molar-refractivity contribution in [3.8, 4) is 0 Å². The van der Waals surface area contributed by atoms with Gasteiger partial charge in [0.1, 0.15) is 0 Å². The summed E-state index contributed by atoms with van der Waals surface area (Å²) >= 11 is 1.96. The lowest BCUT2D eigenvalue weighted by molar-refractivity contribution is -0.147. The van der Waals surface area contributed by atoms with Gasteiger partial charge in [-0.2, -0.15) is 0 Å². The van der Waals surface area contributed by atoms with Gasteiger partial charge in [0.05, 0.1) is 13.0 Å². The molecule has 0 N–H and O–H groups in total. The van der Waals surface area contributed by atoms with Gasteiger partial charge in [-0.15, -0.1) is 11.8 Å². The van der Waals surface area contributed by atoms with Gasteiger partial charge >= 0.3 is 5.97 Å². The Hall–Kier alpha value is -1.00. The number of fused-ring (bicyclic) bond motifs is 1. The number of nitrogens with zero attached hydrogens (tertiary/aromatic N) is 1. The SMILES string of the molecule is COC(=O)C1CCCN(CC2CSc3ccccc32)C1. The Morgan fingerprint density at radius 3 is 3.15 bits per heavy atom. The third-order valence-corrected chi connectivity index (χ3v) is 5.57. The maximum Gasteiger partial charge on any atom is 0.309 e. The van der Waals surface area contributed by atoms with E-state index in [1.54, 1.807) is 0 Å². The molecule has 0 bridgehead atoms. The van der Waals surface area contributed by atoms with Gasteiger partial charge in [0.15, 0.2) is 0 Å². The van der Waals surface area contributed by atoms with E-state index in [4.69, 9.17) is 4.74 Å². The molecule has 108 valence electrons. The number of ether oxygens (including phenoxy) is 1. The second-order valence-electron chi connectivity index (χ2n) is 5.67. The maximum absolute atomic E-state index is 11.7. The third-order valence-electron chi connectivity index (χ3n) is 4.32. The number of esters is 1. The van der Waals surface area contributed by atoms with Gasteiger partial charge in [0.25, 0.3) is 0 Å². The Morgan fingerprint density at radius 1 is 1.45 bits per heavy atom. The molecule has 1 aromatic rings. The second-order valence-corrected chi connectivity index (χ2v) is 6.73. The van der Waals surface area contributed by atoms with Crippen LogP contribution in [0.1, 0.15) is 24.3 Å². The minimum atomic E-state index is -0.0455. The van der Waals surface area contributed by atoms with Gasteiger partial charge in [-0.3, -0.25) is 4.79 Å². The smallest absolute Gasteiger partial charge is 0.309 e. The predicted octanol–water partition coefficient (Wildman–Crippen LogP) is 2.76. The molecular formula is C16H21NO2S. The van der Waals surface area contributed by atoms with E-state index in [1.807, 2.05) is 11.8 Å². The Bertz CT molecular complexity index is 491. The summed E-state index contributed by atoms with van der Waals surface area (Å²) in [7, 11) is 1.49. The highest BCUT2D eigenvalue weighted by Gasteiger charge is 2.30. The van der Waals surface area contributed by atoms with Gasteiger partial charge in [0.2, 0.25) is 0 Å². The average Bonchev–Trinajstić information content (AvgIpc) is 2.90. The molecule has 1 aromatic carbocycles. The van der Waals surface area contributed by atoms with Crippen molar-refractivity contribution in [3.05, 3.63) is 29.8 Å². The number of carbonyl (C=O) groups excluding carboxylic acids is 1. The molecule has 2 unspecified atom stereocenters. The van der Waals surface area contributed by atoms with Crippen LogP contribution in [-0.2, 0) is 9.53 Å². The normalized spacial score (nSPS) is 26.2. The van der Waals surface area contributed by atoms with Crippen molar-refractivity contribution in [2.75, 3.05) is 32.5 Å².